The molecule has 3 N–H and O–H groups in total. The highest BCUT2D eigenvalue weighted by atomic mass is 16.1. The Morgan fingerprint density at radius 3 is 2.90 bits per heavy atom. The van der Waals surface area contributed by atoms with Gasteiger partial charge in [0.2, 0.25) is 5.91 Å². The Morgan fingerprint density at radius 2 is 2.25 bits per heavy atom. The van der Waals surface area contributed by atoms with E-state index in [1.54, 1.807) is 18.5 Å². The number of aryl methyl sites for hydroxylation is 1. The maximum Gasteiger partial charge on any atom is 0.224 e. The van der Waals surface area contributed by atoms with Gasteiger partial charge in [-0.1, -0.05) is 6.92 Å². The van der Waals surface area contributed by atoms with Crippen LogP contribution in [0.1, 0.15) is 19.2 Å². The van der Waals surface area contributed by atoms with Crippen molar-refractivity contribution in [1.82, 2.24) is 14.5 Å². The molecule has 1 amide bonds. The molecule has 0 saturated carbocycles. The minimum atomic E-state index is -0.0602. The fourth-order valence-electron chi connectivity index (χ4n) is 1.89. The van der Waals surface area contributed by atoms with Gasteiger partial charge in [-0.05, 0) is 31.5 Å². The van der Waals surface area contributed by atoms with Crippen molar-refractivity contribution in [2.75, 3.05) is 11.9 Å². The Bertz CT molecular complexity index is 593. The summed E-state index contributed by atoms with van der Waals surface area (Å²) in [5, 5.41) is 2.89. The van der Waals surface area contributed by atoms with Crippen LogP contribution >= 0.6 is 0 Å². The Hall–Kier alpha value is -2.21. The third-order valence-electron chi connectivity index (χ3n) is 3.05. The summed E-state index contributed by atoms with van der Waals surface area (Å²) < 4.78 is 1.84. The average molecular weight is 273 g/mol. The summed E-state index contributed by atoms with van der Waals surface area (Å²) in [4.78, 5) is 20.5. The Balaban J connectivity index is 2.21. The fraction of sp³-hybridized carbons (Fsp3) is 0.357. The molecule has 0 fully saturated rings. The molecule has 2 rings (SSSR count). The topological polar surface area (TPSA) is 85.8 Å². The predicted octanol–water partition coefficient (Wildman–Crippen LogP) is 1.50. The minimum absolute atomic E-state index is 0.0602. The predicted molar refractivity (Wildman–Crippen MR) is 77.6 cm³/mol. The SMILES string of the molecule is Cc1nccn1-c1ncccc1NC(=O)CC(C)CN. The summed E-state index contributed by atoms with van der Waals surface area (Å²) in [7, 11) is 0. The molecular weight excluding hydrogens is 254 g/mol. The van der Waals surface area contributed by atoms with E-state index < -0.39 is 0 Å². The second-order valence-corrected chi connectivity index (χ2v) is 4.81. The van der Waals surface area contributed by atoms with E-state index >= 15 is 0 Å². The molecule has 0 aliphatic heterocycles. The molecule has 20 heavy (non-hydrogen) atoms. The van der Waals surface area contributed by atoms with Crippen molar-refractivity contribution in [2.24, 2.45) is 11.7 Å². The number of anilines is 1. The highest BCUT2D eigenvalue weighted by Gasteiger charge is 2.12. The lowest BCUT2D eigenvalue weighted by molar-refractivity contribution is -0.116. The summed E-state index contributed by atoms with van der Waals surface area (Å²) in [6, 6.07) is 3.62. The number of imidazole rings is 1. The van der Waals surface area contributed by atoms with Gasteiger partial charge in [0.05, 0.1) is 5.69 Å². The van der Waals surface area contributed by atoms with Crippen molar-refractivity contribution in [1.29, 1.82) is 0 Å². The fourth-order valence-corrected chi connectivity index (χ4v) is 1.89. The van der Waals surface area contributed by atoms with Crippen LogP contribution in [-0.2, 0) is 4.79 Å². The molecule has 2 aromatic heterocycles. The van der Waals surface area contributed by atoms with Gasteiger partial charge < -0.3 is 11.1 Å². The van der Waals surface area contributed by atoms with Gasteiger partial charge in [-0.2, -0.15) is 0 Å². The third kappa shape index (κ3) is 3.21. The first-order chi connectivity index (χ1) is 9.61. The first kappa shape index (κ1) is 14.2. The number of nitrogens with two attached hydrogens (primary N) is 1. The van der Waals surface area contributed by atoms with Crippen molar-refractivity contribution in [3.05, 3.63) is 36.5 Å². The molecule has 2 aromatic rings. The Morgan fingerprint density at radius 1 is 1.45 bits per heavy atom. The van der Waals surface area contributed by atoms with Crippen molar-refractivity contribution in [3.8, 4) is 5.82 Å². The Labute approximate surface area is 118 Å². The van der Waals surface area contributed by atoms with E-state index in [2.05, 4.69) is 15.3 Å². The zero-order valence-electron chi connectivity index (χ0n) is 11.7. The van der Waals surface area contributed by atoms with E-state index in [1.165, 1.54) is 0 Å². The average Bonchev–Trinajstić information content (AvgIpc) is 2.85. The molecular formula is C14H19N5O. The van der Waals surface area contributed by atoms with Crippen molar-refractivity contribution in [2.45, 2.75) is 20.3 Å². The second-order valence-electron chi connectivity index (χ2n) is 4.81. The van der Waals surface area contributed by atoms with Crippen LogP contribution in [0.2, 0.25) is 0 Å². The number of aromatic nitrogens is 3. The summed E-state index contributed by atoms with van der Waals surface area (Å²) in [6.45, 7) is 4.33. The van der Waals surface area contributed by atoms with Crippen molar-refractivity contribution >= 4 is 11.6 Å². The lowest BCUT2D eigenvalue weighted by atomic mass is 10.1. The highest BCUT2D eigenvalue weighted by Crippen LogP contribution is 2.19. The number of hydrogen-bond donors (Lipinski definition) is 2. The van der Waals surface area contributed by atoms with Crippen molar-refractivity contribution in [3.63, 3.8) is 0 Å². The van der Waals surface area contributed by atoms with Gasteiger partial charge in [0.15, 0.2) is 5.82 Å². The van der Waals surface area contributed by atoms with Crippen LogP contribution in [0.3, 0.4) is 0 Å². The first-order valence-electron chi connectivity index (χ1n) is 6.57. The molecule has 0 aromatic carbocycles. The van der Waals surface area contributed by atoms with Gasteiger partial charge in [0.1, 0.15) is 5.82 Å². The number of rotatable bonds is 5. The maximum atomic E-state index is 12.0. The maximum absolute atomic E-state index is 12.0. The number of carbonyl (C=O) groups is 1. The normalized spacial score (nSPS) is 12.2. The second kappa shape index (κ2) is 6.29. The van der Waals surface area contributed by atoms with Gasteiger partial charge in [-0.25, -0.2) is 9.97 Å². The van der Waals surface area contributed by atoms with E-state index in [1.807, 2.05) is 30.7 Å². The summed E-state index contributed by atoms with van der Waals surface area (Å²) in [5.74, 6) is 1.57. The molecule has 2 heterocycles. The molecule has 106 valence electrons. The van der Waals surface area contributed by atoms with E-state index in [0.717, 1.165) is 5.82 Å². The van der Waals surface area contributed by atoms with Gasteiger partial charge in [0.25, 0.3) is 0 Å². The monoisotopic (exact) mass is 273 g/mol. The molecule has 0 aliphatic carbocycles. The molecule has 0 saturated heterocycles. The standard InChI is InChI=1S/C14H19N5O/c1-10(9-15)8-13(20)18-12-4-3-5-17-14(12)19-7-6-16-11(19)2/h3-7,10H,8-9,15H2,1-2H3,(H,18,20). The van der Waals surface area contributed by atoms with Gasteiger partial charge >= 0.3 is 0 Å². The molecule has 6 nitrogen and oxygen atoms in total. The zero-order valence-corrected chi connectivity index (χ0v) is 11.7. The number of nitrogens with one attached hydrogen (secondary N) is 1. The quantitative estimate of drug-likeness (QED) is 0.864. The molecule has 0 spiro atoms. The summed E-state index contributed by atoms with van der Waals surface area (Å²) in [5.41, 5.74) is 6.21. The molecule has 0 aliphatic rings. The molecule has 1 unspecified atom stereocenters. The van der Waals surface area contributed by atoms with Gasteiger partial charge in [-0.3, -0.25) is 9.36 Å². The van der Waals surface area contributed by atoms with E-state index in [4.69, 9.17) is 5.73 Å². The molecule has 0 bridgehead atoms. The Kier molecular flexibility index (Phi) is 4.47. The summed E-state index contributed by atoms with van der Waals surface area (Å²) >= 11 is 0. The highest BCUT2D eigenvalue weighted by molar-refractivity contribution is 5.92. The molecule has 6 heteroatoms. The van der Waals surface area contributed by atoms with E-state index in [-0.39, 0.29) is 11.8 Å². The first-order valence-corrected chi connectivity index (χ1v) is 6.57. The number of amides is 1. The number of pyridine rings is 1. The lowest BCUT2D eigenvalue weighted by Crippen LogP contribution is -2.21. The number of hydrogen-bond acceptors (Lipinski definition) is 4. The third-order valence-corrected chi connectivity index (χ3v) is 3.05. The minimum Gasteiger partial charge on any atom is -0.330 e. The number of nitrogens with zero attached hydrogens (tertiary/aromatic N) is 3. The molecule has 1 atom stereocenters. The molecule has 0 radical (unpaired) electrons. The number of carbonyl (C=O) groups excluding carboxylic acids is 1. The van der Waals surface area contributed by atoms with Crippen LogP contribution in [0, 0.1) is 12.8 Å². The summed E-state index contributed by atoms with van der Waals surface area (Å²) in [6.07, 6.45) is 5.60. The lowest BCUT2D eigenvalue weighted by Gasteiger charge is -2.13. The van der Waals surface area contributed by atoms with Gasteiger partial charge in [0, 0.05) is 25.0 Å². The smallest absolute Gasteiger partial charge is 0.224 e. The van der Waals surface area contributed by atoms with Crippen molar-refractivity contribution < 1.29 is 4.79 Å². The van der Waals surface area contributed by atoms with Crippen LogP contribution in [0.5, 0.6) is 0 Å². The largest absolute Gasteiger partial charge is 0.330 e. The zero-order chi connectivity index (χ0) is 14.5. The van der Waals surface area contributed by atoms with Crippen LogP contribution in [0.4, 0.5) is 5.69 Å². The van der Waals surface area contributed by atoms with E-state index in [0.29, 0.717) is 24.5 Å². The van der Waals surface area contributed by atoms with Crippen LogP contribution < -0.4 is 11.1 Å². The van der Waals surface area contributed by atoms with Gasteiger partial charge in [-0.15, -0.1) is 0 Å². The van der Waals surface area contributed by atoms with Crippen LogP contribution in [0.15, 0.2) is 30.7 Å². The van der Waals surface area contributed by atoms with E-state index in [9.17, 15) is 4.79 Å². The van der Waals surface area contributed by atoms with Crippen LogP contribution in [-0.4, -0.2) is 27.0 Å². The van der Waals surface area contributed by atoms with Crippen LogP contribution in [0.25, 0.3) is 5.82 Å².